The number of rotatable bonds is 5. The van der Waals surface area contributed by atoms with Gasteiger partial charge in [0.1, 0.15) is 12.4 Å². The fraction of sp³-hybridized carbons (Fsp3) is 0.308. The average molecular weight is 248 g/mol. The minimum absolute atomic E-state index is 0.173. The van der Waals surface area contributed by atoms with Crippen molar-refractivity contribution in [2.75, 3.05) is 0 Å². The van der Waals surface area contributed by atoms with Gasteiger partial charge in [0.15, 0.2) is 0 Å². The molecule has 90 valence electrons. The molecule has 0 aliphatic rings. The number of aromatic nitrogens is 1. The van der Waals surface area contributed by atoms with Crippen LogP contribution in [0.4, 0.5) is 0 Å². The van der Waals surface area contributed by atoms with Crippen LogP contribution < -0.4 is 10.5 Å². The van der Waals surface area contributed by atoms with E-state index < -0.39 is 0 Å². The summed E-state index contributed by atoms with van der Waals surface area (Å²) in [7, 11) is 0. The van der Waals surface area contributed by atoms with Crippen molar-refractivity contribution in [2.24, 2.45) is 5.73 Å². The number of hydrogen-bond donors (Lipinski definition) is 1. The number of hydrogen-bond acceptors (Lipinski definition) is 4. The highest BCUT2D eigenvalue weighted by atomic mass is 32.1. The Balaban J connectivity index is 1.96. The lowest BCUT2D eigenvalue weighted by Gasteiger charge is -2.08. The Morgan fingerprint density at radius 1 is 1.47 bits per heavy atom. The molecular formula is C13H16N2OS. The van der Waals surface area contributed by atoms with Crippen LogP contribution in [0.25, 0.3) is 0 Å². The maximum absolute atomic E-state index is 5.78. The summed E-state index contributed by atoms with van der Waals surface area (Å²) in [6.45, 7) is 2.58. The van der Waals surface area contributed by atoms with Crippen molar-refractivity contribution in [1.29, 1.82) is 0 Å². The van der Waals surface area contributed by atoms with Gasteiger partial charge >= 0.3 is 0 Å². The van der Waals surface area contributed by atoms with Crippen molar-refractivity contribution in [1.82, 2.24) is 4.98 Å². The summed E-state index contributed by atoms with van der Waals surface area (Å²) in [6.07, 6.45) is 2.70. The van der Waals surface area contributed by atoms with Crippen LogP contribution in [-0.2, 0) is 13.0 Å². The molecule has 1 atom stereocenters. The van der Waals surface area contributed by atoms with Crippen molar-refractivity contribution in [3.63, 3.8) is 0 Å². The molecule has 2 rings (SSSR count). The quantitative estimate of drug-likeness (QED) is 0.884. The molecule has 1 heterocycles. The van der Waals surface area contributed by atoms with Crippen molar-refractivity contribution in [2.45, 2.75) is 26.0 Å². The molecule has 0 spiro atoms. The van der Waals surface area contributed by atoms with Gasteiger partial charge in [0.2, 0.25) is 0 Å². The second-order valence-corrected chi connectivity index (χ2v) is 5.06. The topological polar surface area (TPSA) is 48.1 Å². The van der Waals surface area contributed by atoms with Crippen LogP contribution in [0.3, 0.4) is 0 Å². The molecule has 0 aliphatic carbocycles. The molecule has 0 aliphatic heterocycles. The van der Waals surface area contributed by atoms with E-state index in [1.54, 1.807) is 11.3 Å². The van der Waals surface area contributed by atoms with E-state index in [4.69, 9.17) is 10.5 Å². The Morgan fingerprint density at radius 2 is 2.35 bits per heavy atom. The summed E-state index contributed by atoms with van der Waals surface area (Å²) in [5, 5.41) is 0. The molecule has 0 fully saturated rings. The van der Waals surface area contributed by atoms with Crippen LogP contribution in [-0.4, -0.2) is 11.0 Å². The molecule has 2 N–H and O–H groups in total. The minimum Gasteiger partial charge on any atom is -0.488 e. The highest BCUT2D eigenvalue weighted by Gasteiger charge is 2.01. The van der Waals surface area contributed by atoms with Gasteiger partial charge < -0.3 is 10.5 Å². The van der Waals surface area contributed by atoms with Crippen molar-refractivity contribution in [3.05, 3.63) is 46.4 Å². The number of benzene rings is 1. The van der Waals surface area contributed by atoms with Gasteiger partial charge in [-0.25, -0.2) is 0 Å². The Hall–Kier alpha value is -1.39. The van der Waals surface area contributed by atoms with Crippen molar-refractivity contribution < 1.29 is 4.74 Å². The van der Waals surface area contributed by atoms with E-state index in [2.05, 4.69) is 11.1 Å². The van der Waals surface area contributed by atoms with Gasteiger partial charge in [0.05, 0.1) is 10.4 Å². The standard InChI is InChI=1S/C13H16N2OS/c1-10(14)5-11-3-2-4-12(6-11)16-8-13-7-15-9-17-13/h2-4,6-7,9-10H,5,8,14H2,1H3. The summed E-state index contributed by atoms with van der Waals surface area (Å²) in [5.41, 5.74) is 8.80. The number of nitrogens with two attached hydrogens (primary N) is 1. The van der Waals surface area contributed by atoms with Gasteiger partial charge in [-0.1, -0.05) is 12.1 Å². The summed E-state index contributed by atoms with van der Waals surface area (Å²) in [6, 6.07) is 8.26. The summed E-state index contributed by atoms with van der Waals surface area (Å²) < 4.78 is 5.70. The molecule has 0 saturated carbocycles. The third-order valence-corrected chi connectivity index (χ3v) is 3.07. The first-order valence-electron chi connectivity index (χ1n) is 5.59. The molecule has 0 radical (unpaired) electrons. The lowest BCUT2D eigenvalue weighted by Crippen LogP contribution is -2.17. The van der Waals surface area contributed by atoms with Gasteiger partial charge in [0, 0.05) is 12.2 Å². The summed E-state index contributed by atoms with van der Waals surface area (Å²) >= 11 is 1.60. The van der Waals surface area contributed by atoms with Gasteiger partial charge in [-0.2, -0.15) is 0 Å². The monoisotopic (exact) mass is 248 g/mol. The first kappa shape index (κ1) is 12.1. The van der Waals surface area contributed by atoms with Crippen LogP contribution in [0, 0.1) is 0 Å². The van der Waals surface area contributed by atoms with E-state index in [1.807, 2.05) is 36.8 Å². The van der Waals surface area contributed by atoms with E-state index in [9.17, 15) is 0 Å². The predicted octanol–water partition coefficient (Wildman–Crippen LogP) is 2.61. The zero-order chi connectivity index (χ0) is 12.1. The summed E-state index contributed by atoms with van der Waals surface area (Å²) in [5.74, 6) is 0.886. The highest BCUT2D eigenvalue weighted by Crippen LogP contribution is 2.17. The Morgan fingerprint density at radius 3 is 3.06 bits per heavy atom. The molecule has 4 heteroatoms. The molecule has 0 saturated heterocycles. The van der Waals surface area contributed by atoms with Crippen LogP contribution in [0.1, 0.15) is 17.4 Å². The predicted molar refractivity (Wildman–Crippen MR) is 70.2 cm³/mol. The van der Waals surface area contributed by atoms with E-state index >= 15 is 0 Å². The van der Waals surface area contributed by atoms with Crippen molar-refractivity contribution >= 4 is 11.3 Å². The first-order chi connectivity index (χ1) is 8.24. The molecule has 17 heavy (non-hydrogen) atoms. The van der Waals surface area contributed by atoms with Gasteiger partial charge in [-0.05, 0) is 31.0 Å². The molecular weight excluding hydrogens is 232 g/mol. The van der Waals surface area contributed by atoms with E-state index in [0.29, 0.717) is 6.61 Å². The fourth-order valence-electron chi connectivity index (χ4n) is 1.60. The number of ether oxygens (including phenoxy) is 1. The zero-order valence-corrected chi connectivity index (χ0v) is 10.6. The summed E-state index contributed by atoms with van der Waals surface area (Å²) in [4.78, 5) is 5.14. The van der Waals surface area contributed by atoms with Crippen LogP contribution in [0.2, 0.25) is 0 Å². The normalized spacial score (nSPS) is 12.4. The Labute approximate surface area is 105 Å². The lowest BCUT2D eigenvalue weighted by molar-refractivity contribution is 0.309. The molecule has 1 aromatic heterocycles. The maximum Gasteiger partial charge on any atom is 0.124 e. The molecule has 0 amide bonds. The van der Waals surface area contributed by atoms with E-state index in [-0.39, 0.29) is 6.04 Å². The zero-order valence-electron chi connectivity index (χ0n) is 9.80. The first-order valence-corrected chi connectivity index (χ1v) is 6.46. The van der Waals surface area contributed by atoms with Crippen LogP contribution >= 0.6 is 11.3 Å². The lowest BCUT2D eigenvalue weighted by atomic mass is 10.1. The third kappa shape index (κ3) is 3.84. The SMILES string of the molecule is CC(N)Cc1cccc(OCc2cncs2)c1. The average Bonchev–Trinajstić information content (AvgIpc) is 2.79. The van der Waals surface area contributed by atoms with Crippen molar-refractivity contribution in [3.8, 4) is 5.75 Å². The molecule has 1 unspecified atom stereocenters. The van der Waals surface area contributed by atoms with E-state index in [1.165, 1.54) is 5.56 Å². The number of thiazole rings is 1. The third-order valence-electron chi connectivity index (χ3n) is 2.32. The van der Waals surface area contributed by atoms with Gasteiger partial charge in [-0.3, -0.25) is 4.98 Å². The molecule has 3 nitrogen and oxygen atoms in total. The molecule has 1 aromatic carbocycles. The molecule has 0 bridgehead atoms. The Bertz CT molecular complexity index is 454. The van der Waals surface area contributed by atoms with Crippen LogP contribution in [0.5, 0.6) is 5.75 Å². The van der Waals surface area contributed by atoms with Gasteiger partial charge in [-0.15, -0.1) is 11.3 Å². The second kappa shape index (κ2) is 5.80. The smallest absolute Gasteiger partial charge is 0.124 e. The second-order valence-electron chi connectivity index (χ2n) is 4.09. The maximum atomic E-state index is 5.78. The molecule has 2 aromatic rings. The number of nitrogens with zero attached hydrogens (tertiary/aromatic N) is 1. The Kier molecular flexibility index (Phi) is 4.12. The highest BCUT2D eigenvalue weighted by molar-refractivity contribution is 7.09. The van der Waals surface area contributed by atoms with Crippen LogP contribution in [0.15, 0.2) is 36.0 Å². The minimum atomic E-state index is 0.173. The van der Waals surface area contributed by atoms with E-state index in [0.717, 1.165) is 17.0 Å². The largest absolute Gasteiger partial charge is 0.488 e. The fourth-order valence-corrected chi connectivity index (χ4v) is 2.11. The van der Waals surface area contributed by atoms with Gasteiger partial charge in [0.25, 0.3) is 0 Å².